The molecule has 3 aromatic rings. The van der Waals surface area contributed by atoms with E-state index in [2.05, 4.69) is 10.4 Å². The molecule has 7 heteroatoms. The summed E-state index contributed by atoms with van der Waals surface area (Å²) in [7, 11) is 3.33. The number of carbonyl (C=O) groups excluding carboxylic acids is 3. The molecule has 0 atom stereocenters. The zero-order chi connectivity index (χ0) is 21.1. The molecule has 0 saturated carbocycles. The van der Waals surface area contributed by atoms with Crippen LogP contribution in [-0.4, -0.2) is 46.4 Å². The van der Waals surface area contributed by atoms with Crippen LogP contribution in [0.2, 0.25) is 0 Å². The number of nitrogens with one attached hydrogen (secondary N) is 1. The summed E-state index contributed by atoms with van der Waals surface area (Å²) in [6.07, 6.45) is 0. The van der Waals surface area contributed by atoms with Gasteiger partial charge < -0.3 is 10.2 Å². The molecule has 29 heavy (non-hydrogen) atoms. The van der Waals surface area contributed by atoms with Crippen molar-refractivity contribution in [1.82, 2.24) is 14.7 Å². The fourth-order valence-corrected chi connectivity index (χ4v) is 3.05. The highest BCUT2D eigenvalue weighted by Gasteiger charge is 2.25. The Morgan fingerprint density at radius 3 is 2.14 bits per heavy atom. The van der Waals surface area contributed by atoms with E-state index in [1.54, 1.807) is 56.9 Å². The first-order chi connectivity index (χ1) is 13.8. The lowest BCUT2D eigenvalue weighted by atomic mass is 10.1. The molecule has 0 aliphatic rings. The van der Waals surface area contributed by atoms with Crippen molar-refractivity contribution < 1.29 is 14.4 Å². The SMILES string of the molecule is Cc1nn(-c2ccccc2)c(C)c1C(=O)C(=O)Nc1ccc(C(=O)N(C)C)cc1. The van der Waals surface area contributed by atoms with Crippen molar-refractivity contribution in [2.75, 3.05) is 19.4 Å². The summed E-state index contributed by atoms with van der Waals surface area (Å²) in [6, 6.07) is 15.8. The van der Waals surface area contributed by atoms with Gasteiger partial charge in [-0.15, -0.1) is 0 Å². The molecule has 0 aliphatic carbocycles. The predicted octanol–water partition coefficient (Wildman–Crippen LogP) is 3.01. The highest BCUT2D eigenvalue weighted by molar-refractivity contribution is 6.47. The zero-order valence-electron chi connectivity index (χ0n) is 16.8. The second-order valence-corrected chi connectivity index (χ2v) is 6.85. The molecule has 3 rings (SSSR count). The number of hydrogen-bond donors (Lipinski definition) is 1. The maximum atomic E-state index is 12.8. The molecule has 2 amide bonds. The Morgan fingerprint density at radius 1 is 0.931 bits per heavy atom. The maximum Gasteiger partial charge on any atom is 0.296 e. The standard InChI is InChI=1S/C22H22N4O3/c1-14-19(15(2)26(24-14)18-8-6-5-7-9-18)20(27)21(28)23-17-12-10-16(11-13-17)22(29)25(3)4/h5-13H,1-4H3,(H,23,28). The maximum absolute atomic E-state index is 12.8. The Labute approximate surface area is 169 Å². The van der Waals surface area contributed by atoms with Gasteiger partial charge in [0, 0.05) is 25.3 Å². The summed E-state index contributed by atoms with van der Waals surface area (Å²) < 4.78 is 1.65. The topological polar surface area (TPSA) is 84.3 Å². The number of nitrogens with zero attached hydrogens (tertiary/aromatic N) is 3. The average molecular weight is 390 g/mol. The summed E-state index contributed by atoms with van der Waals surface area (Å²) in [4.78, 5) is 38.7. The van der Waals surface area contributed by atoms with E-state index < -0.39 is 11.7 Å². The lowest BCUT2D eigenvalue weighted by Crippen LogP contribution is -2.24. The van der Waals surface area contributed by atoms with Gasteiger partial charge in [-0.25, -0.2) is 4.68 Å². The number of aromatic nitrogens is 2. The van der Waals surface area contributed by atoms with Crippen LogP contribution in [0.5, 0.6) is 0 Å². The third-order valence-corrected chi connectivity index (χ3v) is 4.52. The third-order valence-electron chi connectivity index (χ3n) is 4.52. The second kappa shape index (κ2) is 8.10. The molecule has 7 nitrogen and oxygen atoms in total. The largest absolute Gasteiger partial charge is 0.345 e. The average Bonchev–Trinajstić information content (AvgIpc) is 3.02. The summed E-state index contributed by atoms with van der Waals surface area (Å²) >= 11 is 0. The molecule has 0 spiro atoms. The van der Waals surface area contributed by atoms with Gasteiger partial charge in [-0.1, -0.05) is 18.2 Å². The van der Waals surface area contributed by atoms with Crippen molar-refractivity contribution in [3.05, 3.63) is 77.1 Å². The third kappa shape index (κ3) is 4.08. The molecule has 0 radical (unpaired) electrons. The van der Waals surface area contributed by atoms with Crippen LogP contribution < -0.4 is 5.32 Å². The number of hydrogen-bond acceptors (Lipinski definition) is 4. The lowest BCUT2D eigenvalue weighted by molar-refractivity contribution is -0.112. The molecular weight excluding hydrogens is 368 g/mol. The lowest BCUT2D eigenvalue weighted by Gasteiger charge is -2.11. The van der Waals surface area contributed by atoms with E-state index in [4.69, 9.17) is 0 Å². The van der Waals surface area contributed by atoms with E-state index in [-0.39, 0.29) is 11.5 Å². The number of ketones is 1. The van der Waals surface area contributed by atoms with Gasteiger partial charge >= 0.3 is 0 Å². The van der Waals surface area contributed by atoms with Crippen molar-refractivity contribution in [3.8, 4) is 5.69 Å². The number of benzene rings is 2. The van der Waals surface area contributed by atoms with Crippen LogP contribution in [0, 0.1) is 13.8 Å². The number of Topliss-reactive ketones (excluding diaryl/α,β-unsaturated/α-hetero) is 1. The number of rotatable bonds is 5. The van der Waals surface area contributed by atoms with E-state index in [9.17, 15) is 14.4 Å². The quantitative estimate of drug-likeness (QED) is 0.536. The van der Waals surface area contributed by atoms with Gasteiger partial charge in [0.05, 0.1) is 22.6 Å². The van der Waals surface area contributed by atoms with Crippen molar-refractivity contribution in [2.45, 2.75) is 13.8 Å². The van der Waals surface area contributed by atoms with Crippen molar-refractivity contribution in [1.29, 1.82) is 0 Å². The van der Waals surface area contributed by atoms with Gasteiger partial charge in [-0.3, -0.25) is 14.4 Å². The summed E-state index contributed by atoms with van der Waals surface area (Å²) in [5.74, 6) is -1.55. The molecule has 0 saturated heterocycles. The smallest absolute Gasteiger partial charge is 0.296 e. The fourth-order valence-electron chi connectivity index (χ4n) is 3.05. The van der Waals surface area contributed by atoms with Crippen molar-refractivity contribution >= 4 is 23.3 Å². The Hall–Kier alpha value is -3.74. The fraction of sp³-hybridized carbons (Fsp3) is 0.182. The van der Waals surface area contributed by atoms with Crippen LogP contribution >= 0.6 is 0 Å². The summed E-state index contributed by atoms with van der Waals surface area (Å²) in [5, 5.41) is 7.00. The van der Waals surface area contributed by atoms with Gasteiger partial charge in [0.15, 0.2) is 0 Å². The van der Waals surface area contributed by atoms with Gasteiger partial charge in [-0.2, -0.15) is 5.10 Å². The minimum Gasteiger partial charge on any atom is -0.345 e. The Kier molecular flexibility index (Phi) is 5.59. The van der Waals surface area contributed by atoms with Crippen molar-refractivity contribution in [2.24, 2.45) is 0 Å². The molecular formula is C22H22N4O3. The van der Waals surface area contributed by atoms with Crippen LogP contribution in [0.25, 0.3) is 5.69 Å². The first-order valence-electron chi connectivity index (χ1n) is 9.08. The first-order valence-corrected chi connectivity index (χ1v) is 9.08. The molecule has 1 heterocycles. The molecule has 2 aromatic carbocycles. The summed E-state index contributed by atoms with van der Waals surface area (Å²) in [5.41, 5.74) is 3.11. The molecule has 1 aromatic heterocycles. The minimum atomic E-state index is -0.754. The van der Waals surface area contributed by atoms with Crippen LogP contribution in [-0.2, 0) is 4.79 Å². The zero-order valence-corrected chi connectivity index (χ0v) is 16.8. The van der Waals surface area contributed by atoms with Crippen LogP contribution in [0.15, 0.2) is 54.6 Å². The van der Waals surface area contributed by atoms with E-state index in [0.29, 0.717) is 22.6 Å². The van der Waals surface area contributed by atoms with E-state index in [1.165, 1.54) is 4.90 Å². The van der Waals surface area contributed by atoms with E-state index >= 15 is 0 Å². The Morgan fingerprint density at radius 2 is 1.55 bits per heavy atom. The van der Waals surface area contributed by atoms with Gasteiger partial charge in [0.1, 0.15) is 0 Å². The van der Waals surface area contributed by atoms with Crippen molar-refractivity contribution in [3.63, 3.8) is 0 Å². The summed E-state index contributed by atoms with van der Waals surface area (Å²) in [6.45, 7) is 3.46. The normalized spacial score (nSPS) is 10.5. The molecule has 0 fully saturated rings. The minimum absolute atomic E-state index is 0.140. The Bertz CT molecular complexity index is 1070. The Balaban J connectivity index is 1.80. The van der Waals surface area contributed by atoms with Gasteiger partial charge in [0.2, 0.25) is 0 Å². The number of carbonyl (C=O) groups is 3. The van der Waals surface area contributed by atoms with Crippen LogP contribution in [0.1, 0.15) is 32.1 Å². The highest BCUT2D eigenvalue weighted by atomic mass is 16.2. The molecule has 148 valence electrons. The molecule has 0 aliphatic heterocycles. The second-order valence-electron chi connectivity index (χ2n) is 6.85. The molecule has 0 unspecified atom stereocenters. The number of amides is 2. The number of para-hydroxylation sites is 1. The molecule has 0 bridgehead atoms. The van der Waals surface area contributed by atoms with Crippen LogP contribution in [0.4, 0.5) is 5.69 Å². The van der Waals surface area contributed by atoms with E-state index in [1.807, 2.05) is 30.3 Å². The monoisotopic (exact) mass is 390 g/mol. The number of aryl methyl sites for hydroxylation is 1. The van der Waals surface area contributed by atoms with Crippen LogP contribution in [0.3, 0.4) is 0 Å². The van der Waals surface area contributed by atoms with E-state index in [0.717, 1.165) is 5.69 Å². The van der Waals surface area contributed by atoms with Gasteiger partial charge in [0.25, 0.3) is 17.6 Å². The van der Waals surface area contributed by atoms with Gasteiger partial charge in [-0.05, 0) is 50.2 Å². The number of anilines is 1. The highest BCUT2D eigenvalue weighted by Crippen LogP contribution is 2.19. The predicted molar refractivity (Wildman–Crippen MR) is 110 cm³/mol. The molecule has 1 N–H and O–H groups in total. The first kappa shape index (κ1) is 20.0.